The molecule has 1 aliphatic carbocycles. The standard InChI is InChI=1S/C44H53BrO2/c1-11-34(29-32(4)45)44(37-19-17-35(18-20-37)42(5,6)7,31(3)15-16-33-14-12-13-30(2)41(33)46)38-23-27-40(28-24-38)47-39-25-21-36(22-26-39)43(8,9)10/h12,14,17-30,46H,3-4,11,13,15-16H2,1-2,5-10H3/b34-29+. The van der Waals surface area contributed by atoms with Crippen LogP contribution in [-0.2, 0) is 16.2 Å². The Kier molecular flexibility index (Phi) is 11.3. The fraction of sp³-hybridized carbons (Fsp3) is 0.364. The maximum Gasteiger partial charge on any atom is 0.127 e. The fourth-order valence-corrected chi connectivity index (χ4v) is 6.88. The predicted octanol–water partition coefficient (Wildman–Crippen LogP) is 13.3. The molecule has 0 saturated carbocycles. The molecule has 0 bridgehead atoms. The number of allylic oxidation sites excluding steroid dienone is 8. The summed E-state index contributed by atoms with van der Waals surface area (Å²) in [6.45, 7) is 26.7. The second-order valence-electron chi connectivity index (χ2n) is 15.0. The first-order valence-corrected chi connectivity index (χ1v) is 17.7. The first-order chi connectivity index (χ1) is 22.1. The smallest absolute Gasteiger partial charge is 0.127 e. The third kappa shape index (κ3) is 8.30. The van der Waals surface area contributed by atoms with E-state index in [9.17, 15) is 5.11 Å². The molecule has 0 spiro atoms. The van der Waals surface area contributed by atoms with Crippen LogP contribution in [0.2, 0.25) is 0 Å². The van der Waals surface area contributed by atoms with Crippen LogP contribution in [0.5, 0.6) is 11.5 Å². The molecule has 2 nitrogen and oxygen atoms in total. The lowest BCUT2D eigenvalue weighted by molar-refractivity contribution is 0.331. The Bertz CT molecular complexity index is 1650. The third-order valence-electron chi connectivity index (χ3n) is 9.45. The molecule has 248 valence electrons. The molecular weight excluding hydrogens is 640 g/mol. The quantitative estimate of drug-likeness (QED) is 0.160. The molecule has 3 aromatic carbocycles. The van der Waals surface area contributed by atoms with Crippen LogP contribution in [0.25, 0.3) is 0 Å². The van der Waals surface area contributed by atoms with Gasteiger partial charge in [0, 0.05) is 10.4 Å². The van der Waals surface area contributed by atoms with Gasteiger partial charge in [-0.15, -0.1) is 0 Å². The van der Waals surface area contributed by atoms with Gasteiger partial charge in [-0.05, 0) is 94.7 Å². The Morgan fingerprint density at radius 2 is 1.26 bits per heavy atom. The summed E-state index contributed by atoms with van der Waals surface area (Å²) in [5.41, 5.74) is 7.59. The van der Waals surface area contributed by atoms with Gasteiger partial charge in [0.15, 0.2) is 0 Å². The van der Waals surface area contributed by atoms with E-state index in [-0.39, 0.29) is 16.7 Å². The number of hydrogen-bond acceptors (Lipinski definition) is 2. The van der Waals surface area contributed by atoms with E-state index in [4.69, 9.17) is 11.3 Å². The number of aliphatic hydroxyl groups excluding tert-OH is 1. The molecular formula is C44H53BrO2. The summed E-state index contributed by atoms with van der Waals surface area (Å²) in [6, 6.07) is 25.9. The molecule has 0 aromatic heterocycles. The number of ether oxygens (including phenoxy) is 1. The van der Waals surface area contributed by atoms with Crippen molar-refractivity contribution >= 4 is 15.9 Å². The minimum atomic E-state index is -0.630. The minimum Gasteiger partial charge on any atom is -0.512 e. The summed E-state index contributed by atoms with van der Waals surface area (Å²) >= 11 is 3.65. The van der Waals surface area contributed by atoms with E-state index < -0.39 is 5.41 Å². The number of hydrogen-bond donors (Lipinski definition) is 1. The van der Waals surface area contributed by atoms with Gasteiger partial charge in [-0.1, -0.05) is 156 Å². The molecule has 0 fully saturated rings. The van der Waals surface area contributed by atoms with E-state index >= 15 is 0 Å². The van der Waals surface area contributed by atoms with Crippen molar-refractivity contribution in [3.05, 3.63) is 153 Å². The lowest BCUT2D eigenvalue weighted by atomic mass is 9.62. The SMILES string of the molecule is C=C(Br)/C=C(\CC)C(C(=C)CCC1=C(O)C(C)CC=C1)(c1ccc(Oc2ccc(C(C)(C)C)cc2)cc1)c1ccc(C(C)(C)C)cc1. The van der Waals surface area contributed by atoms with Gasteiger partial charge in [0.1, 0.15) is 11.5 Å². The summed E-state index contributed by atoms with van der Waals surface area (Å²) in [6.07, 6.45) is 9.50. The highest BCUT2D eigenvalue weighted by Crippen LogP contribution is 2.49. The van der Waals surface area contributed by atoms with Crippen LogP contribution in [0.4, 0.5) is 0 Å². The molecule has 1 aliphatic rings. The van der Waals surface area contributed by atoms with Crippen molar-refractivity contribution in [2.24, 2.45) is 5.92 Å². The van der Waals surface area contributed by atoms with Crippen molar-refractivity contribution in [2.75, 3.05) is 0 Å². The van der Waals surface area contributed by atoms with Crippen molar-refractivity contribution in [1.82, 2.24) is 0 Å². The zero-order chi connectivity index (χ0) is 34.6. The molecule has 0 amide bonds. The number of halogens is 1. The molecule has 3 aromatic rings. The van der Waals surface area contributed by atoms with Crippen molar-refractivity contribution < 1.29 is 9.84 Å². The normalized spacial score (nSPS) is 17.0. The van der Waals surface area contributed by atoms with Gasteiger partial charge in [0.25, 0.3) is 0 Å². The van der Waals surface area contributed by atoms with Crippen molar-refractivity contribution in [1.29, 1.82) is 0 Å². The minimum absolute atomic E-state index is 0.0316. The molecule has 0 aliphatic heterocycles. The van der Waals surface area contributed by atoms with Crippen molar-refractivity contribution in [2.45, 2.75) is 97.3 Å². The van der Waals surface area contributed by atoms with Crippen LogP contribution in [0.15, 0.2) is 131 Å². The summed E-state index contributed by atoms with van der Waals surface area (Å²) < 4.78 is 7.15. The number of rotatable bonds is 11. The van der Waals surface area contributed by atoms with Crippen LogP contribution in [0.3, 0.4) is 0 Å². The average Bonchev–Trinajstić information content (AvgIpc) is 3.01. The molecule has 0 heterocycles. The van der Waals surface area contributed by atoms with Crippen molar-refractivity contribution in [3.8, 4) is 11.5 Å². The highest BCUT2D eigenvalue weighted by atomic mass is 79.9. The Labute approximate surface area is 292 Å². The molecule has 2 unspecified atom stereocenters. The molecule has 47 heavy (non-hydrogen) atoms. The lowest BCUT2D eigenvalue weighted by Crippen LogP contribution is -2.33. The van der Waals surface area contributed by atoms with Crippen LogP contribution in [0, 0.1) is 5.92 Å². The summed E-state index contributed by atoms with van der Waals surface area (Å²) in [7, 11) is 0. The van der Waals surface area contributed by atoms with Gasteiger partial charge in [0.05, 0.1) is 11.2 Å². The van der Waals surface area contributed by atoms with Gasteiger partial charge < -0.3 is 9.84 Å². The Morgan fingerprint density at radius 3 is 1.70 bits per heavy atom. The maximum atomic E-state index is 10.9. The number of benzene rings is 3. The summed E-state index contributed by atoms with van der Waals surface area (Å²) in [5, 5.41) is 10.9. The number of aliphatic hydroxyl groups is 1. The molecule has 4 rings (SSSR count). The van der Waals surface area contributed by atoms with Crippen LogP contribution < -0.4 is 4.74 Å². The molecule has 0 saturated heterocycles. The van der Waals surface area contributed by atoms with Gasteiger partial charge in [-0.25, -0.2) is 0 Å². The largest absolute Gasteiger partial charge is 0.512 e. The van der Waals surface area contributed by atoms with Crippen molar-refractivity contribution in [3.63, 3.8) is 0 Å². The van der Waals surface area contributed by atoms with E-state index in [1.807, 2.05) is 12.1 Å². The molecule has 1 N–H and O–H groups in total. The average molecular weight is 694 g/mol. The predicted molar refractivity (Wildman–Crippen MR) is 205 cm³/mol. The monoisotopic (exact) mass is 692 g/mol. The second-order valence-corrected chi connectivity index (χ2v) is 16.0. The highest BCUT2D eigenvalue weighted by molar-refractivity contribution is 9.11. The summed E-state index contributed by atoms with van der Waals surface area (Å²) in [5.74, 6) is 2.23. The third-order valence-corrected chi connectivity index (χ3v) is 9.68. The van der Waals surface area contributed by atoms with E-state index in [1.54, 1.807) is 0 Å². The molecule has 0 radical (unpaired) electrons. The van der Waals surface area contributed by atoms with Gasteiger partial charge in [-0.2, -0.15) is 0 Å². The van der Waals surface area contributed by atoms with Gasteiger partial charge in [0.2, 0.25) is 0 Å². The van der Waals surface area contributed by atoms with E-state index in [0.29, 0.717) is 18.6 Å². The van der Waals surface area contributed by atoms with Crippen LogP contribution >= 0.6 is 15.9 Å². The molecule has 3 heteroatoms. The topological polar surface area (TPSA) is 29.5 Å². The first kappa shape index (κ1) is 36.3. The zero-order valence-electron chi connectivity index (χ0n) is 29.7. The zero-order valence-corrected chi connectivity index (χ0v) is 31.3. The van der Waals surface area contributed by atoms with E-state index in [1.165, 1.54) is 16.7 Å². The first-order valence-electron chi connectivity index (χ1n) is 16.9. The van der Waals surface area contributed by atoms with Crippen LogP contribution in [0.1, 0.15) is 103 Å². The van der Waals surface area contributed by atoms with Crippen LogP contribution in [-0.4, -0.2) is 5.11 Å². The Hall–Kier alpha value is -3.56. The van der Waals surface area contributed by atoms with E-state index in [2.05, 4.69) is 157 Å². The maximum absolute atomic E-state index is 10.9. The lowest BCUT2D eigenvalue weighted by Gasteiger charge is -2.40. The van der Waals surface area contributed by atoms with Gasteiger partial charge >= 0.3 is 0 Å². The Morgan fingerprint density at radius 1 is 0.809 bits per heavy atom. The highest BCUT2D eigenvalue weighted by Gasteiger charge is 2.40. The fourth-order valence-electron chi connectivity index (χ4n) is 6.60. The Balaban J connectivity index is 1.84. The second kappa shape index (κ2) is 14.7. The molecule has 2 atom stereocenters. The summed E-state index contributed by atoms with van der Waals surface area (Å²) in [4.78, 5) is 0. The van der Waals surface area contributed by atoms with E-state index in [0.717, 1.165) is 51.1 Å². The van der Waals surface area contributed by atoms with Gasteiger partial charge in [-0.3, -0.25) is 0 Å².